The van der Waals surface area contributed by atoms with Gasteiger partial charge < -0.3 is 5.11 Å². The average Bonchev–Trinajstić information content (AvgIpc) is 2.98. The summed E-state index contributed by atoms with van der Waals surface area (Å²) in [5, 5.41) is 9.12. The van der Waals surface area contributed by atoms with Gasteiger partial charge in [-0.1, -0.05) is 19.1 Å². The smallest absolute Gasteiger partial charge is 0.326 e. The number of rotatable bonds is 3. The molecule has 18 heavy (non-hydrogen) atoms. The number of hydrogen-bond acceptors (Lipinski definition) is 3. The quantitative estimate of drug-likeness (QED) is 0.589. The molecule has 0 aromatic heterocycles. The maximum atomic E-state index is 12.3. The van der Waals surface area contributed by atoms with E-state index in [0.717, 1.165) is 11.3 Å². The number of allylic oxidation sites excluding steroid dienone is 2. The summed E-state index contributed by atoms with van der Waals surface area (Å²) in [5.74, 6) is -2.01. The van der Waals surface area contributed by atoms with Crippen LogP contribution in [-0.2, 0) is 14.4 Å². The first kappa shape index (κ1) is 11.4. The molecule has 1 saturated heterocycles. The Hall–Kier alpha value is -1.65. The lowest BCUT2D eigenvalue weighted by Gasteiger charge is -2.23. The number of carbonyl (C=O) groups excluding carboxylic acids is 2. The number of carbonyl (C=O) groups is 3. The monoisotopic (exact) mass is 249 g/mol. The molecule has 0 unspecified atom stereocenters. The molecule has 2 aliphatic carbocycles. The molecule has 0 radical (unpaired) electrons. The molecule has 3 rings (SSSR count). The number of nitrogens with zero attached hydrogens (tertiary/aromatic N) is 1. The van der Waals surface area contributed by atoms with E-state index in [9.17, 15) is 14.4 Å². The normalized spacial score (nSPS) is 38.4. The van der Waals surface area contributed by atoms with Crippen molar-refractivity contribution in [2.45, 2.75) is 25.8 Å². The Kier molecular flexibility index (Phi) is 2.33. The summed E-state index contributed by atoms with van der Waals surface area (Å²) in [6.07, 6.45) is 5.13. The van der Waals surface area contributed by atoms with Gasteiger partial charge in [-0.2, -0.15) is 0 Å². The van der Waals surface area contributed by atoms with Gasteiger partial charge in [0, 0.05) is 0 Å². The van der Waals surface area contributed by atoms with Crippen molar-refractivity contribution in [2.24, 2.45) is 23.7 Å². The number of aliphatic carboxylic acids is 1. The van der Waals surface area contributed by atoms with Gasteiger partial charge >= 0.3 is 5.97 Å². The lowest BCUT2D eigenvalue weighted by Crippen LogP contribution is -2.45. The molecule has 0 aromatic rings. The van der Waals surface area contributed by atoms with Crippen LogP contribution in [0, 0.1) is 23.7 Å². The van der Waals surface area contributed by atoms with Crippen LogP contribution in [0.15, 0.2) is 12.2 Å². The van der Waals surface area contributed by atoms with Gasteiger partial charge in [-0.25, -0.2) is 4.79 Å². The second kappa shape index (κ2) is 3.67. The van der Waals surface area contributed by atoms with E-state index in [0.29, 0.717) is 0 Å². The molecule has 1 aliphatic heterocycles. The van der Waals surface area contributed by atoms with E-state index in [4.69, 9.17) is 5.11 Å². The zero-order valence-corrected chi connectivity index (χ0v) is 10.1. The van der Waals surface area contributed by atoms with E-state index in [1.807, 2.05) is 12.2 Å². The molecule has 1 N–H and O–H groups in total. The van der Waals surface area contributed by atoms with E-state index < -0.39 is 12.0 Å². The van der Waals surface area contributed by atoms with Crippen LogP contribution in [0.5, 0.6) is 0 Å². The van der Waals surface area contributed by atoms with Crippen LogP contribution in [0.4, 0.5) is 0 Å². The minimum Gasteiger partial charge on any atom is -0.480 e. The molecule has 5 nitrogen and oxygen atoms in total. The highest BCUT2D eigenvalue weighted by Gasteiger charge is 2.60. The first-order valence-electron chi connectivity index (χ1n) is 6.34. The number of hydrogen-bond donors (Lipinski definition) is 1. The van der Waals surface area contributed by atoms with Crippen LogP contribution in [0.25, 0.3) is 0 Å². The van der Waals surface area contributed by atoms with Gasteiger partial charge in [0.15, 0.2) is 0 Å². The van der Waals surface area contributed by atoms with E-state index in [1.165, 1.54) is 0 Å². The van der Waals surface area contributed by atoms with Crippen LogP contribution in [0.1, 0.15) is 19.8 Å². The van der Waals surface area contributed by atoms with Crippen molar-refractivity contribution in [2.75, 3.05) is 0 Å². The van der Waals surface area contributed by atoms with Gasteiger partial charge in [-0.05, 0) is 24.7 Å². The minimum atomic E-state index is -1.10. The van der Waals surface area contributed by atoms with Gasteiger partial charge in [0.05, 0.1) is 11.8 Å². The number of amides is 2. The zero-order valence-electron chi connectivity index (χ0n) is 10.1. The minimum absolute atomic E-state index is 0.132. The molecule has 3 aliphatic rings. The molecule has 0 aromatic carbocycles. The van der Waals surface area contributed by atoms with Crippen molar-refractivity contribution < 1.29 is 19.5 Å². The Morgan fingerprint density at radius 1 is 1.33 bits per heavy atom. The molecule has 5 heteroatoms. The van der Waals surface area contributed by atoms with E-state index >= 15 is 0 Å². The molecule has 96 valence electrons. The molecule has 0 spiro atoms. The summed E-state index contributed by atoms with van der Waals surface area (Å²) in [6, 6.07) is -1.00. The third kappa shape index (κ3) is 1.24. The second-order valence-corrected chi connectivity index (χ2v) is 5.31. The maximum absolute atomic E-state index is 12.3. The fourth-order valence-corrected chi connectivity index (χ4v) is 3.70. The highest BCUT2D eigenvalue weighted by Crippen LogP contribution is 2.52. The van der Waals surface area contributed by atoms with Crippen LogP contribution in [0.2, 0.25) is 0 Å². The molecule has 2 bridgehead atoms. The zero-order chi connectivity index (χ0) is 13.0. The van der Waals surface area contributed by atoms with Gasteiger partial charge in [0.25, 0.3) is 0 Å². The van der Waals surface area contributed by atoms with E-state index in [-0.39, 0.29) is 41.9 Å². The molecule has 1 saturated carbocycles. The van der Waals surface area contributed by atoms with Crippen molar-refractivity contribution in [3.63, 3.8) is 0 Å². The summed E-state index contributed by atoms with van der Waals surface area (Å²) in [7, 11) is 0. The lowest BCUT2D eigenvalue weighted by atomic mass is 9.85. The van der Waals surface area contributed by atoms with Crippen molar-refractivity contribution in [3.8, 4) is 0 Å². The molecular weight excluding hydrogens is 234 g/mol. The van der Waals surface area contributed by atoms with Crippen LogP contribution < -0.4 is 0 Å². The molecule has 5 atom stereocenters. The largest absolute Gasteiger partial charge is 0.480 e. The number of fused-ring (bicyclic) bond motifs is 5. The van der Waals surface area contributed by atoms with Crippen LogP contribution >= 0.6 is 0 Å². The Labute approximate surface area is 104 Å². The fourth-order valence-electron chi connectivity index (χ4n) is 3.70. The third-order valence-corrected chi connectivity index (χ3v) is 4.49. The SMILES string of the molecule is CC[C@H](C(=O)O)N1C(=O)[C@@H]2[C@@H](C1=O)[C@H]1C=C[C@H]2C1. The van der Waals surface area contributed by atoms with Gasteiger partial charge in [-0.15, -0.1) is 0 Å². The standard InChI is InChI=1S/C13H15NO4/c1-2-8(13(17)18)14-11(15)9-6-3-4-7(5-6)10(9)12(14)16/h3-4,6-10H,2,5H2,1H3,(H,17,18)/t6-,7-,8+,9-,10-/m0/s1. The number of likely N-dealkylation sites (tertiary alicyclic amines) is 1. The van der Waals surface area contributed by atoms with Crippen LogP contribution in [-0.4, -0.2) is 33.8 Å². The highest BCUT2D eigenvalue weighted by molar-refractivity contribution is 6.08. The molecule has 1 heterocycles. The number of carboxylic acid groups (broad SMARTS) is 1. The van der Waals surface area contributed by atoms with Crippen molar-refractivity contribution in [1.29, 1.82) is 0 Å². The van der Waals surface area contributed by atoms with Crippen LogP contribution in [0.3, 0.4) is 0 Å². The molecular formula is C13H15NO4. The highest BCUT2D eigenvalue weighted by atomic mass is 16.4. The van der Waals surface area contributed by atoms with E-state index in [1.54, 1.807) is 6.92 Å². The second-order valence-electron chi connectivity index (χ2n) is 5.31. The Bertz CT molecular complexity index is 440. The predicted octanol–water partition coefficient (Wildman–Crippen LogP) is 0.657. The summed E-state index contributed by atoms with van der Waals surface area (Å²) in [6.45, 7) is 1.68. The Morgan fingerprint density at radius 2 is 1.83 bits per heavy atom. The van der Waals surface area contributed by atoms with Crippen molar-refractivity contribution in [1.82, 2.24) is 4.90 Å². The van der Waals surface area contributed by atoms with Crippen molar-refractivity contribution >= 4 is 17.8 Å². The first-order valence-corrected chi connectivity index (χ1v) is 6.34. The van der Waals surface area contributed by atoms with Gasteiger partial charge in [-0.3, -0.25) is 14.5 Å². The molecule has 2 fully saturated rings. The van der Waals surface area contributed by atoms with E-state index in [2.05, 4.69) is 0 Å². The molecule has 2 amide bonds. The van der Waals surface area contributed by atoms with Crippen molar-refractivity contribution in [3.05, 3.63) is 12.2 Å². The average molecular weight is 249 g/mol. The summed E-state index contributed by atoms with van der Waals surface area (Å²) < 4.78 is 0. The topological polar surface area (TPSA) is 74.7 Å². The van der Waals surface area contributed by atoms with Gasteiger partial charge in [0.1, 0.15) is 6.04 Å². The summed E-state index contributed by atoms with van der Waals surface area (Å²) in [5.41, 5.74) is 0. The maximum Gasteiger partial charge on any atom is 0.326 e. The number of carboxylic acids is 1. The Morgan fingerprint density at radius 3 is 2.22 bits per heavy atom. The lowest BCUT2D eigenvalue weighted by molar-refractivity contribution is -0.155. The third-order valence-electron chi connectivity index (χ3n) is 4.49. The fraction of sp³-hybridized carbons (Fsp3) is 0.615. The van der Waals surface area contributed by atoms with Gasteiger partial charge in [0.2, 0.25) is 11.8 Å². The predicted molar refractivity (Wildman–Crippen MR) is 61.3 cm³/mol. The Balaban J connectivity index is 1.94. The summed E-state index contributed by atoms with van der Waals surface area (Å²) in [4.78, 5) is 36.7. The number of imide groups is 1. The summed E-state index contributed by atoms with van der Waals surface area (Å²) >= 11 is 0. The first-order chi connectivity index (χ1) is 8.56.